The summed E-state index contributed by atoms with van der Waals surface area (Å²) in [6.45, 7) is 0.601. The number of aromatic nitrogens is 2. The van der Waals surface area contributed by atoms with Gasteiger partial charge < -0.3 is 15.0 Å². The van der Waals surface area contributed by atoms with Crippen LogP contribution in [-0.4, -0.2) is 33.7 Å². The highest BCUT2D eigenvalue weighted by Crippen LogP contribution is 2.13. The van der Waals surface area contributed by atoms with Crippen LogP contribution in [0.3, 0.4) is 0 Å². The number of carbonyl (C=O) groups is 1. The molecule has 2 rings (SSSR count). The number of amides is 1. The number of imidazole rings is 1. The van der Waals surface area contributed by atoms with Crippen molar-refractivity contribution in [3.8, 4) is 11.8 Å². The van der Waals surface area contributed by atoms with Crippen molar-refractivity contribution in [3.63, 3.8) is 0 Å². The number of rotatable bonds is 5. The van der Waals surface area contributed by atoms with Gasteiger partial charge in [-0.3, -0.25) is 4.79 Å². The number of nitrogens with zero attached hydrogens (tertiary/aromatic N) is 2. The second-order valence-corrected chi connectivity index (χ2v) is 5.35. The summed E-state index contributed by atoms with van der Waals surface area (Å²) in [7, 11) is 1.93. The molecule has 2 heterocycles. The zero-order valence-electron chi connectivity index (χ0n) is 11.8. The Morgan fingerprint density at radius 3 is 3.14 bits per heavy atom. The first kappa shape index (κ1) is 15.3. The second-order valence-electron chi connectivity index (χ2n) is 4.44. The summed E-state index contributed by atoms with van der Waals surface area (Å²) in [5.41, 5.74) is 0.619. The molecule has 2 aromatic heterocycles. The molecule has 1 amide bonds. The molecule has 2 N–H and O–H groups in total. The van der Waals surface area contributed by atoms with Gasteiger partial charge >= 0.3 is 0 Å². The van der Waals surface area contributed by atoms with Crippen LogP contribution < -0.4 is 5.32 Å². The molecule has 21 heavy (non-hydrogen) atoms. The van der Waals surface area contributed by atoms with Crippen molar-refractivity contribution in [2.24, 2.45) is 7.05 Å². The average Bonchev–Trinajstić information content (AvgIpc) is 3.09. The van der Waals surface area contributed by atoms with Crippen LogP contribution in [0.2, 0.25) is 0 Å². The summed E-state index contributed by atoms with van der Waals surface area (Å²) in [4.78, 5) is 17.0. The Morgan fingerprint density at radius 2 is 2.43 bits per heavy atom. The van der Waals surface area contributed by atoms with E-state index in [-0.39, 0.29) is 12.5 Å². The maximum atomic E-state index is 12.0. The van der Waals surface area contributed by atoms with Crippen LogP contribution >= 0.6 is 11.3 Å². The van der Waals surface area contributed by atoms with Gasteiger partial charge in [0.15, 0.2) is 0 Å². The van der Waals surface area contributed by atoms with E-state index in [9.17, 15) is 4.79 Å². The quantitative estimate of drug-likeness (QED) is 0.815. The van der Waals surface area contributed by atoms with E-state index in [4.69, 9.17) is 5.11 Å². The van der Waals surface area contributed by atoms with Crippen molar-refractivity contribution < 1.29 is 9.90 Å². The number of aliphatic hydroxyl groups is 1. The summed E-state index contributed by atoms with van der Waals surface area (Å²) in [6.07, 6.45) is 4.77. The molecule has 5 nitrogen and oxygen atoms in total. The maximum absolute atomic E-state index is 12.0. The van der Waals surface area contributed by atoms with Gasteiger partial charge in [0.05, 0.1) is 17.0 Å². The van der Waals surface area contributed by atoms with Crippen LogP contribution in [0.25, 0.3) is 0 Å². The molecule has 0 saturated carbocycles. The number of hydrogen-bond acceptors (Lipinski definition) is 4. The normalized spacial score (nSPS) is 10.0. The lowest BCUT2D eigenvalue weighted by Crippen LogP contribution is -2.25. The number of nitrogens with one attached hydrogen (secondary N) is 1. The van der Waals surface area contributed by atoms with Crippen LogP contribution in [-0.2, 0) is 13.5 Å². The molecule has 0 aliphatic carbocycles. The summed E-state index contributed by atoms with van der Waals surface area (Å²) >= 11 is 1.43. The number of aryl methyl sites for hydroxylation is 1. The lowest BCUT2D eigenvalue weighted by atomic mass is 10.3. The van der Waals surface area contributed by atoms with E-state index in [0.29, 0.717) is 24.9 Å². The predicted octanol–water partition coefficient (Wildman–Crippen LogP) is 1.19. The van der Waals surface area contributed by atoms with Gasteiger partial charge in [-0.05, 0) is 6.07 Å². The van der Waals surface area contributed by atoms with Crippen molar-refractivity contribution in [1.82, 2.24) is 14.9 Å². The lowest BCUT2D eigenvalue weighted by Gasteiger charge is -2.03. The largest absolute Gasteiger partial charge is 0.395 e. The van der Waals surface area contributed by atoms with E-state index in [1.54, 1.807) is 17.6 Å². The summed E-state index contributed by atoms with van der Waals surface area (Å²) in [5, 5.41) is 13.3. The highest BCUT2D eigenvalue weighted by molar-refractivity contribution is 7.10. The minimum Gasteiger partial charge on any atom is -0.395 e. The first-order valence-corrected chi connectivity index (χ1v) is 7.51. The van der Waals surface area contributed by atoms with E-state index in [1.807, 2.05) is 17.8 Å². The van der Waals surface area contributed by atoms with Gasteiger partial charge in [0, 0.05) is 44.2 Å². The topological polar surface area (TPSA) is 67.2 Å². The van der Waals surface area contributed by atoms with Gasteiger partial charge in [0.25, 0.3) is 5.91 Å². The second kappa shape index (κ2) is 7.62. The van der Waals surface area contributed by atoms with Gasteiger partial charge in [-0.15, -0.1) is 11.3 Å². The Morgan fingerprint density at radius 1 is 1.57 bits per heavy atom. The van der Waals surface area contributed by atoms with Crippen molar-refractivity contribution in [2.75, 3.05) is 13.2 Å². The van der Waals surface area contributed by atoms with Crippen molar-refractivity contribution >= 4 is 17.2 Å². The first-order valence-electron chi connectivity index (χ1n) is 6.63. The minimum absolute atomic E-state index is 0.0545. The van der Waals surface area contributed by atoms with Crippen molar-refractivity contribution in [2.45, 2.75) is 12.8 Å². The van der Waals surface area contributed by atoms with E-state index < -0.39 is 0 Å². The molecule has 0 radical (unpaired) electrons. The number of carbonyl (C=O) groups excluding carboxylic acids is 1. The van der Waals surface area contributed by atoms with Crippen LogP contribution in [0.5, 0.6) is 0 Å². The monoisotopic (exact) mass is 303 g/mol. The Hall–Kier alpha value is -2.10. The fourth-order valence-electron chi connectivity index (χ4n) is 1.75. The molecule has 0 bridgehead atoms. The third kappa shape index (κ3) is 4.45. The molecule has 0 unspecified atom stereocenters. The van der Waals surface area contributed by atoms with Crippen LogP contribution in [0.1, 0.15) is 27.5 Å². The first-order chi connectivity index (χ1) is 10.2. The highest BCUT2D eigenvalue weighted by Gasteiger charge is 2.08. The molecule has 110 valence electrons. The van der Waals surface area contributed by atoms with Gasteiger partial charge in [0.1, 0.15) is 5.82 Å². The minimum atomic E-state index is -0.101. The van der Waals surface area contributed by atoms with E-state index in [1.165, 1.54) is 11.3 Å². The van der Waals surface area contributed by atoms with E-state index in [2.05, 4.69) is 22.1 Å². The van der Waals surface area contributed by atoms with Gasteiger partial charge in [-0.25, -0.2) is 4.98 Å². The smallest absolute Gasteiger partial charge is 0.252 e. The molecular weight excluding hydrogens is 286 g/mol. The van der Waals surface area contributed by atoms with Gasteiger partial charge in [-0.1, -0.05) is 11.8 Å². The molecule has 0 atom stereocenters. The van der Waals surface area contributed by atoms with E-state index >= 15 is 0 Å². The summed E-state index contributed by atoms with van der Waals surface area (Å²) < 4.78 is 1.94. The Labute approximate surface area is 127 Å². The molecule has 2 aromatic rings. The molecule has 0 aromatic carbocycles. The fraction of sp³-hybridized carbons (Fsp3) is 0.333. The number of aliphatic hydroxyl groups excluding tert-OH is 1. The van der Waals surface area contributed by atoms with Crippen LogP contribution in [0, 0.1) is 11.8 Å². The zero-order chi connectivity index (χ0) is 15.1. The third-order valence-corrected chi connectivity index (χ3v) is 3.71. The SMILES string of the molecule is Cn1ccnc1CCNC(=O)c1csc(C#CCCO)c1. The Bertz CT molecular complexity index is 664. The molecule has 0 fully saturated rings. The predicted molar refractivity (Wildman–Crippen MR) is 82.1 cm³/mol. The summed E-state index contributed by atoms with van der Waals surface area (Å²) in [6, 6.07) is 1.77. The average molecular weight is 303 g/mol. The molecule has 6 heteroatoms. The van der Waals surface area contributed by atoms with Crippen LogP contribution in [0.4, 0.5) is 0 Å². The number of thiophene rings is 1. The standard InChI is InChI=1S/C15H17N3O2S/c1-18-8-7-16-14(18)5-6-17-15(20)12-10-13(21-11-12)4-2-3-9-19/h7-8,10-11,19H,3,5-6,9H2,1H3,(H,17,20). The lowest BCUT2D eigenvalue weighted by molar-refractivity contribution is 0.0954. The van der Waals surface area contributed by atoms with Crippen molar-refractivity contribution in [3.05, 3.63) is 40.1 Å². The van der Waals surface area contributed by atoms with Gasteiger partial charge in [0.2, 0.25) is 0 Å². The Balaban J connectivity index is 1.84. The molecular formula is C15H17N3O2S. The van der Waals surface area contributed by atoms with Gasteiger partial charge in [-0.2, -0.15) is 0 Å². The molecule has 0 spiro atoms. The Kier molecular flexibility index (Phi) is 5.55. The fourth-order valence-corrected chi connectivity index (χ4v) is 2.51. The van der Waals surface area contributed by atoms with E-state index in [0.717, 1.165) is 10.7 Å². The highest BCUT2D eigenvalue weighted by atomic mass is 32.1. The zero-order valence-corrected chi connectivity index (χ0v) is 12.6. The summed E-state index contributed by atoms with van der Waals surface area (Å²) in [5.74, 6) is 6.60. The maximum Gasteiger partial charge on any atom is 0.252 e. The third-order valence-electron chi connectivity index (χ3n) is 2.87. The number of hydrogen-bond donors (Lipinski definition) is 2. The molecule has 0 aliphatic heterocycles. The van der Waals surface area contributed by atoms with Crippen molar-refractivity contribution in [1.29, 1.82) is 0 Å². The van der Waals surface area contributed by atoms with Crippen LogP contribution in [0.15, 0.2) is 23.8 Å². The molecule has 0 saturated heterocycles. The molecule has 0 aliphatic rings.